The summed E-state index contributed by atoms with van der Waals surface area (Å²) in [6, 6.07) is 17.5. The molecule has 0 saturated heterocycles. The molecule has 1 atom stereocenters. The second-order valence-corrected chi connectivity index (χ2v) is 8.17. The molecule has 138 valence electrons. The minimum Gasteiger partial charge on any atom is -0.388 e. The Bertz CT molecular complexity index is 688. The van der Waals surface area contributed by atoms with Crippen molar-refractivity contribution >= 4 is 0 Å². The molecule has 0 aromatic heterocycles. The number of rotatable bonds is 6. The highest BCUT2D eigenvalue weighted by atomic mass is 16.3. The van der Waals surface area contributed by atoms with Gasteiger partial charge in [0.15, 0.2) is 0 Å². The van der Waals surface area contributed by atoms with E-state index in [9.17, 15) is 5.11 Å². The first-order valence-corrected chi connectivity index (χ1v) is 10.1. The fourth-order valence-corrected chi connectivity index (χ4v) is 4.17. The van der Waals surface area contributed by atoms with E-state index in [4.69, 9.17) is 0 Å². The number of aliphatic hydroxyl groups excluding tert-OH is 1. The first kappa shape index (κ1) is 18.9. The van der Waals surface area contributed by atoms with E-state index in [1.54, 1.807) is 0 Å². The molecule has 1 fully saturated rings. The zero-order valence-electron chi connectivity index (χ0n) is 16.2. The van der Waals surface area contributed by atoms with Crippen LogP contribution in [-0.2, 0) is 0 Å². The van der Waals surface area contributed by atoms with Crippen molar-refractivity contribution in [2.24, 2.45) is 11.8 Å². The second-order valence-electron chi connectivity index (χ2n) is 8.17. The van der Waals surface area contributed by atoms with Crippen molar-refractivity contribution in [3.63, 3.8) is 0 Å². The Morgan fingerprint density at radius 1 is 0.923 bits per heavy atom. The summed E-state index contributed by atoms with van der Waals surface area (Å²) in [5.74, 6) is 1.80. The van der Waals surface area contributed by atoms with Gasteiger partial charge in [0.25, 0.3) is 0 Å². The van der Waals surface area contributed by atoms with Gasteiger partial charge in [0, 0.05) is 0 Å². The molecule has 0 aliphatic heterocycles. The molecule has 1 aliphatic carbocycles. The van der Waals surface area contributed by atoms with Crippen LogP contribution in [0.4, 0.5) is 0 Å². The van der Waals surface area contributed by atoms with Gasteiger partial charge in [0.05, 0.1) is 6.10 Å². The van der Waals surface area contributed by atoms with Gasteiger partial charge in [-0.25, -0.2) is 0 Å². The predicted molar refractivity (Wildman–Crippen MR) is 111 cm³/mol. The van der Waals surface area contributed by atoms with E-state index in [0.717, 1.165) is 11.5 Å². The molecular weight excluding hydrogens is 316 g/mol. The third kappa shape index (κ3) is 4.45. The number of aliphatic hydroxyl groups is 1. The maximum Gasteiger partial charge on any atom is 0.0812 e. The van der Waals surface area contributed by atoms with Crippen molar-refractivity contribution < 1.29 is 5.11 Å². The quantitative estimate of drug-likeness (QED) is 0.563. The Kier molecular flexibility index (Phi) is 6.32. The van der Waals surface area contributed by atoms with Gasteiger partial charge in [-0.3, -0.25) is 0 Å². The maximum absolute atomic E-state index is 10.2. The third-order valence-electron chi connectivity index (χ3n) is 5.95. The van der Waals surface area contributed by atoms with Gasteiger partial charge in [-0.05, 0) is 72.1 Å². The lowest BCUT2D eigenvalue weighted by molar-refractivity contribution is 0.127. The molecule has 3 rings (SSSR count). The largest absolute Gasteiger partial charge is 0.388 e. The fraction of sp³-hybridized carbons (Fsp3) is 0.440. The van der Waals surface area contributed by atoms with Crippen LogP contribution in [0.1, 0.15) is 69.1 Å². The van der Waals surface area contributed by atoms with Crippen molar-refractivity contribution in [1.29, 1.82) is 0 Å². The van der Waals surface area contributed by atoms with Gasteiger partial charge >= 0.3 is 0 Å². The Morgan fingerprint density at radius 2 is 1.46 bits per heavy atom. The van der Waals surface area contributed by atoms with Crippen LogP contribution in [0.15, 0.2) is 61.2 Å². The van der Waals surface area contributed by atoms with Gasteiger partial charge in [-0.1, -0.05) is 68.5 Å². The molecule has 1 unspecified atom stereocenters. The third-order valence-corrected chi connectivity index (χ3v) is 5.95. The van der Waals surface area contributed by atoms with Gasteiger partial charge in [0.2, 0.25) is 0 Å². The standard InChI is InChI=1S/C25H32O/c1-4-5-19-6-8-20(9-7-19)21-10-12-22(13-11-21)23-14-16-24(17-15-23)25(26)18(2)3/h4,10-20,25-26H,1,5-9H2,2-3H3/t19-,20-,25?. The van der Waals surface area contributed by atoms with Crippen molar-refractivity contribution in [2.45, 2.75) is 58.0 Å². The lowest BCUT2D eigenvalue weighted by atomic mass is 9.77. The van der Waals surface area contributed by atoms with E-state index < -0.39 is 0 Å². The van der Waals surface area contributed by atoms with Gasteiger partial charge in [-0.15, -0.1) is 6.58 Å². The van der Waals surface area contributed by atoms with Crippen LogP contribution in [0.5, 0.6) is 0 Å². The van der Waals surface area contributed by atoms with Crippen LogP contribution < -0.4 is 0 Å². The highest BCUT2D eigenvalue weighted by molar-refractivity contribution is 5.64. The Balaban J connectivity index is 1.65. The maximum atomic E-state index is 10.2. The molecule has 0 heterocycles. The SMILES string of the molecule is C=CC[C@H]1CC[C@H](c2ccc(-c3ccc(C(O)C(C)C)cc3)cc2)CC1. The van der Waals surface area contributed by atoms with E-state index >= 15 is 0 Å². The first-order chi connectivity index (χ1) is 12.6. The summed E-state index contributed by atoms with van der Waals surface area (Å²) < 4.78 is 0. The van der Waals surface area contributed by atoms with Crippen LogP contribution in [-0.4, -0.2) is 5.11 Å². The second kappa shape index (κ2) is 8.68. The molecule has 0 bridgehead atoms. The normalized spacial score (nSPS) is 21.5. The summed E-state index contributed by atoms with van der Waals surface area (Å²) in [5.41, 5.74) is 4.94. The number of benzene rings is 2. The van der Waals surface area contributed by atoms with Gasteiger partial charge in [-0.2, -0.15) is 0 Å². The first-order valence-electron chi connectivity index (χ1n) is 10.1. The fourth-order valence-electron chi connectivity index (χ4n) is 4.17. The average Bonchev–Trinajstić information content (AvgIpc) is 2.68. The molecule has 26 heavy (non-hydrogen) atoms. The van der Waals surface area contributed by atoms with Crippen LogP contribution in [0, 0.1) is 11.8 Å². The zero-order chi connectivity index (χ0) is 18.5. The van der Waals surface area contributed by atoms with Gasteiger partial charge in [0.1, 0.15) is 0 Å². The van der Waals surface area contributed by atoms with E-state index in [-0.39, 0.29) is 12.0 Å². The van der Waals surface area contributed by atoms with Crippen LogP contribution in [0.3, 0.4) is 0 Å². The van der Waals surface area contributed by atoms with Crippen molar-refractivity contribution in [1.82, 2.24) is 0 Å². The minimum absolute atomic E-state index is 0.238. The number of allylic oxidation sites excluding steroid dienone is 1. The molecule has 1 nitrogen and oxygen atoms in total. The molecule has 0 spiro atoms. The number of hydrogen-bond acceptors (Lipinski definition) is 1. The van der Waals surface area contributed by atoms with Crippen molar-refractivity contribution in [3.8, 4) is 11.1 Å². The molecule has 2 aromatic carbocycles. The smallest absolute Gasteiger partial charge is 0.0812 e. The number of hydrogen-bond donors (Lipinski definition) is 1. The van der Waals surface area contributed by atoms with E-state index in [1.807, 2.05) is 13.8 Å². The lowest BCUT2D eigenvalue weighted by Crippen LogP contribution is -2.12. The predicted octanol–water partition coefficient (Wildman–Crippen LogP) is 6.89. The molecule has 2 aromatic rings. The summed E-state index contributed by atoms with van der Waals surface area (Å²) in [4.78, 5) is 0. The molecule has 1 aliphatic rings. The highest BCUT2D eigenvalue weighted by Crippen LogP contribution is 2.37. The summed E-state index contributed by atoms with van der Waals surface area (Å²) in [6.07, 6.45) is 8.14. The Labute approximate surface area is 158 Å². The summed E-state index contributed by atoms with van der Waals surface area (Å²) >= 11 is 0. The Hall–Kier alpha value is -1.86. The molecule has 0 amide bonds. The Morgan fingerprint density at radius 3 is 1.96 bits per heavy atom. The zero-order valence-corrected chi connectivity index (χ0v) is 16.2. The van der Waals surface area contributed by atoms with Crippen LogP contribution in [0.25, 0.3) is 11.1 Å². The topological polar surface area (TPSA) is 20.2 Å². The molecule has 1 saturated carbocycles. The molecular formula is C25H32O. The van der Waals surface area contributed by atoms with Crippen molar-refractivity contribution in [2.75, 3.05) is 0 Å². The summed E-state index contributed by atoms with van der Waals surface area (Å²) in [7, 11) is 0. The molecule has 1 heteroatoms. The van der Waals surface area contributed by atoms with Crippen LogP contribution in [0.2, 0.25) is 0 Å². The average molecular weight is 349 g/mol. The van der Waals surface area contributed by atoms with E-state index in [0.29, 0.717) is 5.92 Å². The van der Waals surface area contributed by atoms with Crippen LogP contribution >= 0.6 is 0 Å². The monoisotopic (exact) mass is 348 g/mol. The summed E-state index contributed by atoms with van der Waals surface area (Å²) in [5, 5.41) is 10.2. The van der Waals surface area contributed by atoms with Crippen molar-refractivity contribution in [3.05, 3.63) is 72.3 Å². The molecule has 1 N–H and O–H groups in total. The highest BCUT2D eigenvalue weighted by Gasteiger charge is 2.21. The minimum atomic E-state index is -0.386. The summed E-state index contributed by atoms with van der Waals surface area (Å²) in [6.45, 7) is 7.97. The van der Waals surface area contributed by atoms with E-state index in [2.05, 4.69) is 61.2 Å². The lowest BCUT2D eigenvalue weighted by Gasteiger charge is -2.28. The van der Waals surface area contributed by atoms with E-state index in [1.165, 1.54) is 48.8 Å². The molecule has 0 radical (unpaired) electrons. The van der Waals surface area contributed by atoms with Gasteiger partial charge < -0.3 is 5.11 Å².